The monoisotopic (exact) mass is 477 g/mol. The second-order valence-corrected chi connectivity index (χ2v) is 9.90. The van der Waals surface area contributed by atoms with E-state index in [-0.39, 0.29) is 23.7 Å². The Morgan fingerprint density at radius 3 is 2.24 bits per heavy atom. The highest BCUT2D eigenvalue weighted by atomic mass is 16.6. The van der Waals surface area contributed by atoms with Crippen LogP contribution in [0.15, 0.2) is 24.3 Å². The molecule has 3 atom stereocenters. The molecule has 34 heavy (non-hydrogen) atoms. The zero-order valence-electron chi connectivity index (χ0n) is 20.8. The number of nitrogens with zero attached hydrogens (tertiary/aromatic N) is 1. The van der Waals surface area contributed by atoms with Crippen molar-refractivity contribution in [2.24, 2.45) is 0 Å². The van der Waals surface area contributed by atoms with Crippen molar-refractivity contribution in [2.45, 2.75) is 96.5 Å². The fourth-order valence-corrected chi connectivity index (χ4v) is 3.92. The summed E-state index contributed by atoms with van der Waals surface area (Å²) < 4.78 is 5.25. The summed E-state index contributed by atoms with van der Waals surface area (Å²) in [6, 6.07) is 3.60. The number of phenols is 1. The van der Waals surface area contributed by atoms with E-state index >= 15 is 0 Å². The highest BCUT2D eigenvalue weighted by Crippen LogP contribution is 2.34. The van der Waals surface area contributed by atoms with Crippen LogP contribution in [0, 0.1) is 0 Å². The molecule has 1 aromatic carbocycles. The standard InChI is InChI=1S/C25H39N3O6/c1-6-8-16(2)26-22(31)21(17-11-13-19(30)14-12-17)28(18-9-7-10-18)23(32)20(15-29)27-24(33)34-25(3,4)5/h11-14,16,18,20-21,29-30H,6-10,15H2,1-5H3,(H,26,31)(H,27,33). The molecule has 190 valence electrons. The van der Waals surface area contributed by atoms with Gasteiger partial charge in [0.05, 0.1) is 6.61 Å². The Hall–Kier alpha value is -2.81. The first-order valence-electron chi connectivity index (χ1n) is 12.0. The van der Waals surface area contributed by atoms with Gasteiger partial charge in [0.15, 0.2) is 0 Å². The summed E-state index contributed by atoms with van der Waals surface area (Å²) in [7, 11) is 0. The van der Waals surface area contributed by atoms with E-state index in [1.165, 1.54) is 17.0 Å². The van der Waals surface area contributed by atoms with Crippen LogP contribution < -0.4 is 10.6 Å². The molecule has 1 aromatic rings. The molecule has 1 aliphatic rings. The van der Waals surface area contributed by atoms with Crippen LogP contribution in [0.1, 0.15) is 78.3 Å². The predicted octanol–water partition coefficient (Wildman–Crippen LogP) is 3.00. The Morgan fingerprint density at radius 1 is 1.15 bits per heavy atom. The van der Waals surface area contributed by atoms with E-state index in [0.717, 1.165) is 19.3 Å². The molecule has 3 amide bonds. The van der Waals surface area contributed by atoms with Gasteiger partial charge in [0.25, 0.3) is 0 Å². The van der Waals surface area contributed by atoms with Crippen LogP contribution in [0.3, 0.4) is 0 Å². The number of nitrogens with one attached hydrogen (secondary N) is 2. The van der Waals surface area contributed by atoms with Crippen LogP contribution in [0.4, 0.5) is 4.79 Å². The third-order valence-electron chi connectivity index (χ3n) is 5.74. The zero-order valence-corrected chi connectivity index (χ0v) is 20.8. The van der Waals surface area contributed by atoms with E-state index in [1.54, 1.807) is 32.9 Å². The third-order valence-corrected chi connectivity index (χ3v) is 5.74. The fraction of sp³-hybridized carbons (Fsp3) is 0.640. The van der Waals surface area contributed by atoms with Crippen molar-refractivity contribution in [3.8, 4) is 5.75 Å². The summed E-state index contributed by atoms with van der Waals surface area (Å²) >= 11 is 0. The number of ether oxygens (including phenoxy) is 1. The van der Waals surface area contributed by atoms with E-state index in [0.29, 0.717) is 18.4 Å². The quantitative estimate of drug-likeness (QED) is 0.410. The first-order valence-corrected chi connectivity index (χ1v) is 12.0. The van der Waals surface area contributed by atoms with Crippen molar-refractivity contribution >= 4 is 17.9 Å². The van der Waals surface area contributed by atoms with Gasteiger partial charge < -0.3 is 30.5 Å². The van der Waals surface area contributed by atoms with Crippen molar-refractivity contribution in [2.75, 3.05) is 6.61 Å². The van der Waals surface area contributed by atoms with Gasteiger partial charge in [-0.05, 0) is 71.1 Å². The van der Waals surface area contributed by atoms with Gasteiger partial charge in [-0.2, -0.15) is 0 Å². The van der Waals surface area contributed by atoms with Gasteiger partial charge in [0.2, 0.25) is 11.8 Å². The van der Waals surface area contributed by atoms with Crippen LogP contribution in [0.5, 0.6) is 5.75 Å². The number of phenolic OH excluding ortho intramolecular Hbond substituents is 1. The van der Waals surface area contributed by atoms with Crippen LogP contribution in [-0.2, 0) is 14.3 Å². The smallest absolute Gasteiger partial charge is 0.408 e. The highest BCUT2D eigenvalue weighted by molar-refractivity contribution is 5.92. The normalized spacial score (nSPS) is 16.5. The summed E-state index contributed by atoms with van der Waals surface area (Å²) in [5.41, 5.74) is -0.238. The molecule has 9 heteroatoms. The van der Waals surface area contributed by atoms with Gasteiger partial charge in [-0.3, -0.25) is 9.59 Å². The van der Waals surface area contributed by atoms with Crippen molar-refractivity contribution in [3.05, 3.63) is 29.8 Å². The van der Waals surface area contributed by atoms with Crippen LogP contribution >= 0.6 is 0 Å². The zero-order chi connectivity index (χ0) is 25.5. The van der Waals surface area contributed by atoms with Gasteiger partial charge in [-0.1, -0.05) is 25.5 Å². The van der Waals surface area contributed by atoms with Crippen LogP contribution in [-0.4, -0.2) is 63.4 Å². The van der Waals surface area contributed by atoms with E-state index in [4.69, 9.17) is 4.74 Å². The van der Waals surface area contributed by atoms with Crippen molar-refractivity contribution in [3.63, 3.8) is 0 Å². The Labute approximate surface area is 201 Å². The minimum absolute atomic E-state index is 0.0450. The maximum atomic E-state index is 13.7. The lowest BCUT2D eigenvalue weighted by Crippen LogP contribution is -2.58. The Balaban J connectivity index is 2.40. The number of aliphatic hydroxyl groups excluding tert-OH is 1. The summed E-state index contributed by atoms with van der Waals surface area (Å²) in [5, 5.41) is 25.1. The summed E-state index contributed by atoms with van der Waals surface area (Å²) in [5.74, 6) is -0.862. The third kappa shape index (κ3) is 7.62. The molecule has 0 aromatic heterocycles. The van der Waals surface area contributed by atoms with Crippen LogP contribution in [0.25, 0.3) is 0 Å². The first-order chi connectivity index (χ1) is 16.0. The molecule has 0 spiro atoms. The maximum absolute atomic E-state index is 13.7. The molecule has 0 radical (unpaired) electrons. The van der Waals surface area contributed by atoms with Crippen molar-refractivity contribution < 1.29 is 29.3 Å². The molecular weight excluding hydrogens is 438 g/mol. The molecular formula is C25H39N3O6. The van der Waals surface area contributed by atoms with E-state index in [9.17, 15) is 24.6 Å². The predicted molar refractivity (Wildman–Crippen MR) is 128 cm³/mol. The Kier molecular flexibility index (Phi) is 9.73. The lowest BCUT2D eigenvalue weighted by molar-refractivity contribution is -0.148. The first kappa shape index (κ1) is 27.4. The number of amides is 3. The number of hydrogen-bond acceptors (Lipinski definition) is 6. The van der Waals surface area contributed by atoms with Crippen LogP contribution in [0.2, 0.25) is 0 Å². The number of rotatable bonds is 10. The van der Waals surface area contributed by atoms with E-state index < -0.39 is 36.3 Å². The van der Waals surface area contributed by atoms with E-state index in [1.807, 2.05) is 13.8 Å². The molecule has 0 saturated heterocycles. The summed E-state index contributed by atoms with van der Waals surface area (Å²) in [6.07, 6.45) is 3.18. The number of benzene rings is 1. The van der Waals surface area contributed by atoms with Gasteiger partial charge in [0.1, 0.15) is 23.4 Å². The number of aliphatic hydroxyl groups is 1. The second kappa shape index (κ2) is 12.1. The molecule has 0 aliphatic heterocycles. The lowest BCUT2D eigenvalue weighted by Gasteiger charge is -2.43. The Morgan fingerprint density at radius 2 is 1.76 bits per heavy atom. The minimum Gasteiger partial charge on any atom is -0.508 e. The summed E-state index contributed by atoms with van der Waals surface area (Å²) in [4.78, 5) is 40.9. The number of carbonyl (C=O) groups excluding carboxylic acids is 3. The number of carbonyl (C=O) groups is 3. The highest BCUT2D eigenvalue weighted by Gasteiger charge is 2.42. The SMILES string of the molecule is CCCC(C)NC(=O)C(c1ccc(O)cc1)N(C(=O)C(CO)NC(=O)OC(C)(C)C)C1CCC1. The van der Waals surface area contributed by atoms with Gasteiger partial charge in [0, 0.05) is 12.1 Å². The molecule has 4 N–H and O–H groups in total. The largest absolute Gasteiger partial charge is 0.508 e. The molecule has 0 bridgehead atoms. The molecule has 1 saturated carbocycles. The maximum Gasteiger partial charge on any atom is 0.408 e. The number of alkyl carbamates (subject to hydrolysis) is 1. The molecule has 3 unspecified atom stereocenters. The van der Waals surface area contributed by atoms with E-state index in [2.05, 4.69) is 10.6 Å². The van der Waals surface area contributed by atoms with Gasteiger partial charge in [-0.25, -0.2) is 4.79 Å². The summed E-state index contributed by atoms with van der Waals surface area (Å²) in [6.45, 7) is 8.39. The lowest BCUT2D eigenvalue weighted by atomic mass is 9.88. The molecule has 1 aliphatic carbocycles. The molecule has 9 nitrogen and oxygen atoms in total. The fourth-order valence-electron chi connectivity index (χ4n) is 3.92. The molecule has 1 fully saturated rings. The average molecular weight is 478 g/mol. The molecule has 2 rings (SSSR count). The Bertz CT molecular complexity index is 832. The van der Waals surface area contributed by atoms with Crippen molar-refractivity contribution in [1.29, 1.82) is 0 Å². The number of hydrogen-bond donors (Lipinski definition) is 4. The van der Waals surface area contributed by atoms with Crippen molar-refractivity contribution in [1.82, 2.24) is 15.5 Å². The van der Waals surface area contributed by atoms with Gasteiger partial charge >= 0.3 is 6.09 Å². The topological polar surface area (TPSA) is 128 Å². The average Bonchev–Trinajstić information content (AvgIpc) is 2.69. The number of aromatic hydroxyl groups is 1. The van der Waals surface area contributed by atoms with Gasteiger partial charge in [-0.15, -0.1) is 0 Å². The minimum atomic E-state index is -1.27. The second-order valence-electron chi connectivity index (χ2n) is 9.90. The molecule has 0 heterocycles.